The normalized spacial score (nSPS) is 11.7. The van der Waals surface area contributed by atoms with Crippen LogP contribution in [0.3, 0.4) is 0 Å². The second-order valence-corrected chi connectivity index (χ2v) is 4.77. The first kappa shape index (κ1) is 14.9. The zero-order valence-corrected chi connectivity index (χ0v) is 10.8. The number of nitrogens with zero attached hydrogens (tertiary/aromatic N) is 2. The second kappa shape index (κ2) is 6.67. The number of hydrogen-bond donors (Lipinski definition) is 1. The summed E-state index contributed by atoms with van der Waals surface area (Å²) in [5, 5.41) is 2.71. The van der Waals surface area contributed by atoms with Gasteiger partial charge in [0.1, 0.15) is 0 Å². The highest BCUT2D eigenvalue weighted by Crippen LogP contribution is 2.29. The van der Waals surface area contributed by atoms with E-state index in [0.717, 1.165) is 0 Å². The molecule has 1 N–H and O–H groups in total. The zero-order chi connectivity index (χ0) is 13.6. The summed E-state index contributed by atoms with van der Waals surface area (Å²) in [4.78, 5) is 7.90. The van der Waals surface area contributed by atoms with Gasteiger partial charge >= 0.3 is 5.51 Å². The van der Waals surface area contributed by atoms with E-state index in [1.54, 1.807) is 6.07 Å². The van der Waals surface area contributed by atoms with Gasteiger partial charge in [0, 0.05) is 24.6 Å². The Morgan fingerprint density at radius 2 is 2.17 bits per heavy atom. The molecule has 0 fully saturated rings. The van der Waals surface area contributed by atoms with Crippen LogP contribution in [0.4, 0.5) is 19.1 Å². The molecule has 0 aliphatic heterocycles. The predicted octanol–water partition coefficient (Wildman–Crippen LogP) is 2.93. The lowest BCUT2D eigenvalue weighted by Crippen LogP contribution is -2.12. The molecule has 0 spiro atoms. The SMILES string of the molecule is CC(C)Oc1ccnc(NCCSC(F)(F)F)n1. The smallest absolute Gasteiger partial charge is 0.441 e. The summed E-state index contributed by atoms with van der Waals surface area (Å²) in [5.74, 6) is 0.559. The van der Waals surface area contributed by atoms with Crippen molar-refractivity contribution in [2.75, 3.05) is 17.6 Å². The lowest BCUT2D eigenvalue weighted by atomic mass is 10.5. The summed E-state index contributed by atoms with van der Waals surface area (Å²) in [6.45, 7) is 3.85. The Morgan fingerprint density at radius 3 is 2.78 bits per heavy atom. The molecule has 0 aromatic carbocycles. The fourth-order valence-electron chi connectivity index (χ4n) is 1.06. The van der Waals surface area contributed by atoms with Crippen LogP contribution < -0.4 is 10.1 Å². The molecule has 0 aliphatic carbocycles. The number of thioether (sulfide) groups is 1. The van der Waals surface area contributed by atoms with Crippen molar-refractivity contribution in [2.24, 2.45) is 0 Å². The van der Waals surface area contributed by atoms with Gasteiger partial charge in [0.05, 0.1) is 6.10 Å². The number of nitrogens with one attached hydrogen (secondary N) is 1. The van der Waals surface area contributed by atoms with Gasteiger partial charge in [-0.2, -0.15) is 18.2 Å². The number of halogens is 3. The molecule has 0 radical (unpaired) electrons. The van der Waals surface area contributed by atoms with Crippen molar-refractivity contribution in [3.63, 3.8) is 0 Å². The van der Waals surface area contributed by atoms with Crippen molar-refractivity contribution in [1.29, 1.82) is 0 Å². The lowest BCUT2D eigenvalue weighted by molar-refractivity contribution is -0.0327. The Kier molecular flexibility index (Phi) is 5.52. The van der Waals surface area contributed by atoms with Crippen LogP contribution in [0.1, 0.15) is 13.8 Å². The minimum absolute atomic E-state index is 0.0199. The van der Waals surface area contributed by atoms with Crippen molar-refractivity contribution in [3.8, 4) is 5.88 Å². The van der Waals surface area contributed by atoms with Gasteiger partial charge in [-0.3, -0.25) is 0 Å². The molecular weight excluding hydrogens is 267 g/mol. The number of hydrogen-bond acceptors (Lipinski definition) is 5. The van der Waals surface area contributed by atoms with E-state index in [2.05, 4.69) is 15.3 Å². The molecule has 18 heavy (non-hydrogen) atoms. The average Bonchev–Trinajstić information content (AvgIpc) is 2.23. The molecule has 1 rings (SSSR count). The number of alkyl halides is 3. The molecule has 0 amide bonds. The van der Waals surface area contributed by atoms with E-state index in [1.165, 1.54) is 6.20 Å². The maximum absolute atomic E-state index is 11.9. The maximum atomic E-state index is 11.9. The molecule has 1 heterocycles. The largest absolute Gasteiger partial charge is 0.475 e. The van der Waals surface area contributed by atoms with E-state index in [-0.39, 0.29) is 36.1 Å². The van der Waals surface area contributed by atoms with Crippen molar-refractivity contribution < 1.29 is 17.9 Å². The Balaban J connectivity index is 2.38. The second-order valence-electron chi connectivity index (χ2n) is 3.61. The number of anilines is 1. The molecule has 0 bridgehead atoms. The van der Waals surface area contributed by atoms with E-state index < -0.39 is 5.51 Å². The summed E-state index contributed by atoms with van der Waals surface area (Å²) in [7, 11) is 0. The van der Waals surface area contributed by atoms with Crippen LogP contribution in [-0.2, 0) is 0 Å². The Morgan fingerprint density at radius 1 is 1.44 bits per heavy atom. The number of ether oxygens (including phenoxy) is 1. The molecule has 102 valence electrons. The number of aromatic nitrogens is 2. The molecule has 8 heteroatoms. The van der Waals surface area contributed by atoms with Crippen LogP contribution in [0.25, 0.3) is 0 Å². The quantitative estimate of drug-likeness (QED) is 0.812. The van der Waals surface area contributed by atoms with Gasteiger partial charge in [-0.05, 0) is 25.6 Å². The highest BCUT2D eigenvalue weighted by molar-refractivity contribution is 8.00. The molecule has 0 saturated carbocycles. The standard InChI is InChI=1S/C10H14F3N3OS/c1-7(2)17-8-3-4-14-9(16-8)15-5-6-18-10(11,12)13/h3-4,7H,5-6H2,1-2H3,(H,14,15,16). The first-order chi connectivity index (χ1) is 8.37. The van der Waals surface area contributed by atoms with Gasteiger partial charge in [-0.15, -0.1) is 0 Å². The van der Waals surface area contributed by atoms with Gasteiger partial charge in [0.15, 0.2) is 0 Å². The van der Waals surface area contributed by atoms with Crippen LogP contribution in [-0.4, -0.2) is 33.9 Å². The van der Waals surface area contributed by atoms with Crippen molar-refractivity contribution in [3.05, 3.63) is 12.3 Å². The minimum Gasteiger partial charge on any atom is -0.475 e. The fraction of sp³-hybridized carbons (Fsp3) is 0.600. The molecular formula is C10H14F3N3OS. The van der Waals surface area contributed by atoms with Gasteiger partial charge in [-0.25, -0.2) is 4.98 Å². The van der Waals surface area contributed by atoms with Gasteiger partial charge in [0.2, 0.25) is 11.8 Å². The maximum Gasteiger partial charge on any atom is 0.441 e. The molecule has 1 aromatic heterocycles. The number of rotatable bonds is 6. The van der Waals surface area contributed by atoms with E-state index in [4.69, 9.17) is 4.74 Å². The van der Waals surface area contributed by atoms with Crippen molar-refractivity contribution in [1.82, 2.24) is 9.97 Å². The third kappa shape index (κ3) is 6.53. The van der Waals surface area contributed by atoms with Crippen LogP contribution >= 0.6 is 11.8 Å². The van der Waals surface area contributed by atoms with Crippen LogP contribution in [0.15, 0.2) is 12.3 Å². The van der Waals surface area contributed by atoms with Crippen molar-refractivity contribution in [2.45, 2.75) is 25.5 Å². The van der Waals surface area contributed by atoms with E-state index in [9.17, 15) is 13.2 Å². The highest BCUT2D eigenvalue weighted by atomic mass is 32.2. The predicted molar refractivity (Wildman–Crippen MR) is 64.8 cm³/mol. The minimum atomic E-state index is -4.20. The Labute approximate surface area is 107 Å². The summed E-state index contributed by atoms with van der Waals surface area (Å²) >= 11 is -0.0816. The average molecular weight is 281 g/mol. The molecule has 0 atom stereocenters. The summed E-state index contributed by atoms with van der Waals surface area (Å²) < 4.78 is 41.0. The third-order valence-corrected chi connectivity index (χ3v) is 2.37. The third-order valence-electron chi connectivity index (χ3n) is 1.64. The van der Waals surface area contributed by atoms with Gasteiger partial charge < -0.3 is 10.1 Å². The molecule has 4 nitrogen and oxygen atoms in total. The van der Waals surface area contributed by atoms with Crippen LogP contribution in [0.5, 0.6) is 5.88 Å². The molecule has 1 aromatic rings. The molecule has 0 unspecified atom stereocenters. The highest BCUT2D eigenvalue weighted by Gasteiger charge is 2.27. The Bertz CT molecular complexity index is 374. The van der Waals surface area contributed by atoms with E-state index in [0.29, 0.717) is 5.88 Å². The van der Waals surface area contributed by atoms with Crippen LogP contribution in [0.2, 0.25) is 0 Å². The zero-order valence-electron chi connectivity index (χ0n) is 9.99. The van der Waals surface area contributed by atoms with Crippen molar-refractivity contribution >= 4 is 17.7 Å². The van der Waals surface area contributed by atoms with E-state index >= 15 is 0 Å². The summed E-state index contributed by atoms with van der Waals surface area (Å²) in [6, 6.07) is 1.59. The summed E-state index contributed by atoms with van der Waals surface area (Å²) in [5.41, 5.74) is -4.20. The van der Waals surface area contributed by atoms with Crippen LogP contribution in [0, 0.1) is 0 Å². The monoisotopic (exact) mass is 281 g/mol. The summed E-state index contributed by atoms with van der Waals surface area (Å²) in [6.07, 6.45) is 1.47. The van der Waals surface area contributed by atoms with Gasteiger partial charge in [-0.1, -0.05) is 0 Å². The lowest BCUT2D eigenvalue weighted by Gasteiger charge is -2.10. The Hall–Kier alpha value is -1.18. The topological polar surface area (TPSA) is 47.0 Å². The first-order valence-electron chi connectivity index (χ1n) is 5.31. The molecule has 0 aliphatic rings. The fourth-order valence-corrected chi connectivity index (χ4v) is 1.50. The van der Waals surface area contributed by atoms with E-state index in [1.807, 2.05) is 13.8 Å². The first-order valence-corrected chi connectivity index (χ1v) is 6.29. The van der Waals surface area contributed by atoms with Gasteiger partial charge in [0.25, 0.3) is 0 Å². The molecule has 0 saturated heterocycles.